The van der Waals surface area contributed by atoms with E-state index in [2.05, 4.69) is 33.2 Å². The number of carbonyl (C=O) groups is 1. The van der Waals surface area contributed by atoms with Crippen LogP contribution in [0, 0.1) is 20.8 Å². The van der Waals surface area contributed by atoms with E-state index in [0.29, 0.717) is 5.82 Å². The molecule has 0 unspecified atom stereocenters. The lowest BCUT2D eigenvalue weighted by Gasteiger charge is -2.14. The van der Waals surface area contributed by atoms with Gasteiger partial charge in [0, 0.05) is 18.1 Å². The molecular formula is C20H26N6O. The molecule has 3 aromatic rings. The number of hydrazine groups is 1. The first kappa shape index (κ1) is 18.7. The number of urea groups is 1. The van der Waals surface area contributed by atoms with Crippen molar-refractivity contribution in [2.24, 2.45) is 7.05 Å². The number of hydrogen-bond donors (Lipinski definition) is 3. The third-order valence-electron chi connectivity index (χ3n) is 4.59. The predicted molar refractivity (Wildman–Crippen MR) is 109 cm³/mol. The Hall–Kier alpha value is -3.09. The van der Waals surface area contributed by atoms with Crippen molar-refractivity contribution in [3.8, 4) is 0 Å². The molecule has 0 aliphatic carbocycles. The molecule has 7 heteroatoms. The van der Waals surface area contributed by atoms with Crippen LogP contribution in [0.5, 0.6) is 0 Å². The molecule has 2 heterocycles. The van der Waals surface area contributed by atoms with Crippen LogP contribution in [0.3, 0.4) is 0 Å². The van der Waals surface area contributed by atoms with Crippen LogP contribution in [0.4, 0.5) is 16.3 Å². The highest BCUT2D eigenvalue weighted by atomic mass is 16.2. The molecule has 0 radical (unpaired) electrons. The Balaban J connectivity index is 1.78. The second kappa shape index (κ2) is 7.65. The van der Waals surface area contributed by atoms with E-state index in [1.165, 1.54) is 5.56 Å². The van der Waals surface area contributed by atoms with Gasteiger partial charge in [-0.1, -0.05) is 31.5 Å². The van der Waals surface area contributed by atoms with E-state index in [4.69, 9.17) is 0 Å². The monoisotopic (exact) mass is 366 g/mol. The van der Waals surface area contributed by atoms with Gasteiger partial charge in [0.15, 0.2) is 5.65 Å². The lowest BCUT2D eigenvalue weighted by Crippen LogP contribution is -2.34. The second-order valence-electron chi connectivity index (χ2n) is 6.80. The lowest BCUT2D eigenvalue weighted by atomic mass is 10.1. The van der Waals surface area contributed by atoms with E-state index in [1.807, 2.05) is 52.1 Å². The van der Waals surface area contributed by atoms with Crippen molar-refractivity contribution in [3.63, 3.8) is 0 Å². The Morgan fingerprint density at radius 2 is 1.89 bits per heavy atom. The molecule has 3 rings (SSSR count). The summed E-state index contributed by atoms with van der Waals surface area (Å²) in [4.78, 5) is 16.9. The van der Waals surface area contributed by atoms with Gasteiger partial charge in [0.25, 0.3) is 0 Å². The SMILES string of the molecule is CCCc1cc(NNC(=O)Nc2c(C)cccc2C)nc2c1c(C)nn2C. The predicted octanol–water partition coefficient (Wildman–Crippen LogP) is 3.99. The van der Waals surface area contributed by atoms with Crippen molar-refractivity contribution in [1.29, 1.82) is 0 Å². The Labute approximate surface area is 159 Å². The third kappa shape index (κ3) is 3.86. The molecule has 2 amide bonds. The largest absolute Gasteiger partial charge is 0.337 e. The summed E-state index contributed by atoms with van der Waals surface area (Å²) in [6.45, 7) is 8.06. The number of rotatable bonds is 5. The van der Waals surface area contributed by atoms with Crippen molar-refractivity contribution in [2.75, 3.05) is 10.7 Å². The smallest absolute Gasteiger partial charge is 0.306 e. The maximum Gasteiger partial charge on any atom is 0.337 e. The second-order valence-corrected chi connectivity index (χ2v) is 6.80. The molecule has 0 aliphatic rings. The molecule has 0 atom stereocenters. The topological polar surface area (TPSA) is 83.9 Å². The van der Waals surface area contributed by atoms with Crippen LogP contribution in [0.25, 0.3) is 11.0 Å². The summed E-state index contributed by atoms with van der Waals surface area (Å²) in [5.74, 6) is 0.589. The molecule has 1 aromatic carbocycles. The van der Waals surface area contributed by atoms with E-state index in [0.717, 1.165) is 46.4 Å². The minimum atomic E-state index is -0.340. The van der Waals surface area contributed by atoms with E-state index >= 15 is 0 Å². The van der Waals surface area contributed by atoms with Gasteiger partial charge >= 0.3 is 6.03 Å². The molecule has 0 fully saturated rings. The molecule has 3 N–H and O–H groups in total. The molecule has 142 valence electrons. The van der Waals surface area contributed by atoms with Gasteiger partial charge in [0.1, 0.15) is 5.82 Å². The van der Waals surface area contributed by atoms with Crippen LogP contribution in [-0.2, 0) is 13.5 Å². The maximum absolute atomic E-state index is 12.3. The fourth-order valence-electron chi connectivity index (χ4n) is 3.34. The van der Waals surface area contributed by atoms with Crippen LogP contribution in [-0.4, -0.2) is 20.8 Å². The standard InChI is InChI=1S/C20H26N6O/c1-6-8-15-11-16(21-19-17(15)14(4)25-26(19)5)23-24-20(27)22-18-12(2)9-7-10-13(18)3/h7,9-11H,6,8H2,1-5H3,(H,21,23)(H2,22,24,27). The number of amides is 2. The first-order valence-corrected chi connectivity index (χ1v) is 9.13. The van der Waals surface area contributed by atoms with Crippen molar-refractivity contribution in [3.05, 3.63) is 46.6 Å². The van der Waals surface area contributed by atoms with Crippen LogP contribution < -0.4 is 16.2 Å². The van der Waals surface area contributed by atoms with Gasteiger partial charge in [-0.15, -0.1) is 0 Å². The van der Waals surface area contributed by atoms with Gasteiger partial charge in [-0.05, 0) is 49.9 Å². The van der Waals surface area contributed by atoms with E-state index in [1.54, 1.807) is 4.68 Å². The van der Waals surface area contributed by atoms with Crippen LogP contribution in [0.1, 0.15) is 35.7 Å². The summed E-state index contributed by atoms with van der Waals surface area (Å²) in [7, 11) is 1.88. The fraction of sp³-hybridized carbons (Fsp3) is 0.350. The van der Waals surface area contributed by atoms with Crippen molar-refractivity contribution < 1.29 is 4.79 Å². The Morgan fingerprint density at radius 3 is 2.56 bits per heavy atom. The number of benzene rings is 1. The number of hydrogen-bond acceptors (Lipinski definition) is 4. The van der Waals surface area contributed by atoms with E-state index in [9.17, 15) is 4.79 Å². The number of nitrogens with zero attached hydrogens (tertiary/aromatic N) is 3. The zero-order valence-electron chi connectivity index (χ0n) is 16.5. The van der Waals surface area contributed by atoms with E-state index < -0.39 is 0 Å². The number of pyridine rings is 1. The number of anilines is 2. The molecule has 0 saturated carbocycles. The average molecular weight is 366 g/mol. The van der Waals surface area contributed by atoms with E-state index in [-0.39, 0.29) is 6.03 Å². The van der Waals surface area contributed by atoms with Gasteiger partial charge in [0.2, 0.25) is 0 Å². The summed E-state index contributed by atoms with van der Waals surface area (Å²) in [6.07, 6.45) is 1.95. The number of carbonyl (C=O) groups excluding carboxylic acids is 1. The highest BCUT2D eigenvalue weighted by Gasteiger charge is 2.14. The quantitative estimate of drug-likeness (QED) is 0.596. The third-order valence-corrected chi connectivity index (χ3v) is 4.59. The number of fused-ring (bicyclic) bond motifs is 1. The van der Waals surface area contributed by atoms with Crippen LogP contribution in [0.15, 0.2) is 24.3 Å². The highest BCUT2D eigenvalue weighted by Crippen LogP contribution is 2.24. The van der Waals surface area contributed by atoms with Crippen molar-refractivity contribution >= 4 is 28.6 Å². The summed E-state index contributed by atoms with van der Waals surface area (Å²) < 4.78 is 1.77. The minimum Gasteiger partial charge on any atom is -0.306 e. The molecule has 0 saturated heterocycles. The molecule has 2 aromatic heterocycles. The number of aryl methyl sites for hydroxylation is 5. The molecule has 0 bridgehead atoms. The average Bonchev–Trinajstić information content (AvgIpc) is 2.91. The highest BCUT2D eigenvalue weighted by molar-refractivity contribution is 5.92. The Morgan fingerprint density at radius 1 is 1.19 bits per heavy atom. The molecule has 7 nitrogen and oxygen atoms in total. The first-order valence-electron chi connectivity index (χ1n) is 9.13. The lowest BCUT2D eigenvalue weighted by molar-refractivity contribution is 0.253. The van der Waals surface area contributed by atoms with Crippen LogP contribution >= 0.6 is 0 Å². The molecule has 27 heavy (non-hydrogen) atoms. The van der Waals surface area contributed by atoms with Gasteiger partial charge in [-0.3, -0.25) is 15.5 Å². The van der Waals surface area contributed by atoms with Gasteiger partial charge in [-0.2, -0.15) is 5.10 Å². The fourth-order valence-corrected chi connectivity index (χ4v) is 3.34. The summed E-state index contributed by atoms with van der Waals surface area (Å²) in [5, 5.41) is 8.44. The summed E-state index contributed by atoms with van der Waals surface area (Å²) in [5.41, 5.74) is 11.4. The summed E-state index contributed by atoms with van der Waals surface area (Å²) >= 11 is 0. The van der Waals surface area contributed by atoms with Gasteiger partial charge in [-0.25, -0.2) is 9.78 Å². The van der Waals surface area contributed by atoms with Crippen LogP contribution in [0.2, 0.25) is 0 Å². The molecule has 0 spiro atoms. The zero-order chi connectivity index (χ0) is 19.6. The number of aromatic nitrogens is 3. The molecule has 0 aliphatic heterocycles. The Kier molecular flexibility index (Phi) is 5.30. The van der Waals surface area contributed by atoms with Crippen molar-refractivity contribution in [2.45, 2.75) is 40.5 Å². The van der Waals surface area contributed by atoms with Gasteiger partial charge < -0.3 is 5.32 Å². The molecular weight excluding hydrogens is 340 g/mol. The first-order chi connectivity index (χ1) is 12.9. The maximum atomic E-state index is 12.3. The number of para-hydroxylation sites is 1. The van der Waals surface area contributed by atoms with Crippen molar-refractivity contribution in [1.82, 2.24) is 20.2 Å². The normalized spacial score (nSPS) is 10.9. The zero-order valence-corrected chi connectivity index (χ0v) is 16.5. The Bertz CT molecular complexity index is 972. The number of nitrogens with one attached hydrogen (secondary N) is 3. The summed E-state index contributed by atoms with van der Waals surface area (Å²) in [6, 6.07) is 7.53. The minimum absolute atomic E-state index is 0.340. The van der Waals surface area contributed by atoms with Gasteiger partial charge in [0.05, 0.1) is 5.69 Å².